The molecule has 2 aromatic rings. The van der Waals surface area contributed by atoms with Crippen LogP contribution in [-0.4, -0.2) is 4.57 Å². The molecule has 0 unspecified atom stereocenters. The Balaban J connectivity index is 2.25. The van der Waals surface area contributed by atoms with Crippen LogP contribution in [-0.2, 0) is 6.54 Å². The van der Waals surface area contributed by atoms with Crippen molar-refractivity contribution in [3.05, 3.63) is 36.5 Å². The van der Waals surface area contributed by atoms with E-state index < -0.39 is 0 Å². The molecule has 1 heterocycles. The molecule has 0 bridgehead atoms. The van der Waals surface area contributed by atoms with Crippen molar-refractivity contribution in [3.63, 3.8) is 0 Å². The van der Waals surface area contributed by atoms with Crippen molar-refractivity contribution in [3.8, 4) is 0 Å². The molecule has 0 aliphatic carbocycles. The standard InChI is InChI=1S/C13H16N/c1-11(2)7-9-14-10-8-12-5-3-4-6-13(12)14/h3-6,10-11H,7,9H2,1-2H3. The van der Waals surface area contributed by atoms with Gasteiger partial charge in [-0.25, -0.2) is 0 Å². The highest BCUT2D eigenvalue weighted by Gasteiger charge is 2.00. The van der Waals surface area contributed by atoms with Crippen LogP contribution in [0.1, 0.15) is 20.3 Å². The van der Waals surface area contributed by atoms with Crippen LogP contribution in [0.15, 0.2) is 30.5 Å². The molecule has 0 saturated heterocycles. The summed E-state index contributed by atoms with van der Waals surface area (Å²) in [5.74, 6) is 0.760. The summed E-state index contributed by atoms with van der Waals surface area (Å²) in [5.41, 5.74) is 1.30. The van der Waals surface area contributed by atoms with Crippen molar-refractivity contribution in [1.82, 2.24) is 4.57 Å². The van der Waals surface area contributed by atoms with Gasteiger partial charge in [0.2, 0.25) is 0 Å². The molecule has 0 N–H and O–H groups in total. The van der Waals surface area contributed by atoms with E-state index >= 15 is 0 Å². The Labute approximate surface area is 85.4 Å². The van der Waals surface area contributed by atoms with E-state index in [9.17, 15) is 0 Å². The predicted octanol–water partition coefficient (Wildman–Crippen LogP) is 3.49. The lowest BCUT2D eigenvalue weighted by Gasteiger charge is -2.07. The number of aryl methyl sites for hydroxylation is 1. The summed E-state index contributed by atoms with van der Waals surface area (Å²) in [6, 6.07) is 11.7. The fraction of sp³-hybridized carbons (Fsp3) is 0.385. The topological polar surface area (TPSA) is 4.93 Å². The average Bonchev–Trinajstić information content (AvgIpc) is 2.58. The Morgan fingerprint density at radius 1 is 1.29 bits per heavy atom. The van der Waals surface area contributed by atoms with Crippen molar-refractivity contribution in [2.45, 2.75) is 26.8 Å². The molecule has 1 aromatic carbocycles. The lowest BCUT2D eigenvalue weighted by atomic mass is 10.1. The monoisotopic (exact) mass is 186 g/mol. The van der Waals surface area contributed by atoms with E-state index in [1.807, 2.05) is 0 Å². The average molecular weight is 186 g/mol. The first-order chi connectivity index (χ1) is 6.77. The number of rotatable bonds is 3. The SMILES string of the molecule is CC(C)CCn1c[c]c2ccccc21. The van der Waals surface area contributed by atoms with Crippen LogP contribution in [0.4, 0.5) is 0 Å². The molecule has 73 valence electrons. The number of benzene rings is 1. The quantitative estimate of drug-likeness (QED) is 0.691. The lowest BCUT2D eigenvalue weighted by molar-refractivity contribution is 0.524. The lowest BCUT2D eigenvalue weighted by Crippen LogP contribution is -1.99. The molecule has 0 aliphatic rings. The first-order valence-electron chi connectivity index (χ1n) is 5.23. The van der Waals surface area contributed by atoms with Crippen LogP contribution in [0.2, 0.25) is 0 Å². The normalized spacial score (nSPS) is 11.4. The maximum absolute atomic E-state index is 3.27. The van der Waals surface area contributed by atoms with Gasteiger partial charge in [0.05, 0.1) is 0 Å². The summed E-state index contributed by atoms with van der Waals surface area (Å²) in [4.78, 5) is 0. The number of aromatic nitrogens is 1. The van der Waals surface area contributed by atoms with Gasteiger partial charge in [0, 0.05) is 29.7 Å². The second-order valence-corrected chi connectivity index (χ2v) is 4.17. The summed E-state index contributed by atoms with van der Waals surface area (Å²) >= 11 is 0. The first kappa shape index (κ1) is 9.32. The highest BCUT2D eigenvalue weighted by Crippen LogP contribution is 2.15. The fourth-order valence-corrected chi connectivity index (χ4v) is 1.65. The van der Waals surface area contributed by atoms with E-state index in [1.165, 1.54) is 17.3 Å². The Bertz CT molecular complexity index is 412. The summed E-state index contributed by atoms with van der Waals surface area (Å²) < 4.78 is 2.29. The third-order valence-electron chi connectivity index (χ3n) is 2.54. The van der Waals surface area contributed by atoms with Crippen LogP contribution in [0, 0.1) is 12.0 Å². The minimum Gasteiger partial charge on any atom is -0.347 e. The van der Waals surface area contributed by atoms with E-state index in [-0.39, 0.29) is 0 Å². The zero-order chi connectivity index (χ0) is 9.97. The number of fused-ring (bicyclic) bond motifs is 1. The van der Waals surface area contributed by atoms with Crippen LogP contribution in [0.3, 0.4) is 0 Å². The molecule has 0 amide bonds. The van der Waals surface area contributed by atoms with E-state index in [4.69, 9.17) is 0 Å². The maximum Gasteiger partial charge on any atom is 0.0486 e. The minimum atomic E-state index is 0.760. The van der Waals surface area contributed by atoms with Gasteiger partial charge in [-0.3, -0.25) is 0 Å². The summed E-state index contributed by atoms with van der Waals surface area (Å²) in [6.07, 6.45) is 3.29. The smallest absolute Gasteiger partial charge is 0.0486 e. The van der Waals surface area contributed by atoms with Gasteiger partial charge >= 0.3 is 0 Å². The highest BCUT2D eigenvalue weighted by atomic mass is 14.9. The zero-order valence-electron chi connectivity index (χ0n) is 8.83. The van der Waals surface area contributed by atoms with Gasteiger partial charge < -0.3 is 4.57 Å². The largest absolute Gasteiger partial charge is 0.347 e. The number of para-hydroxylation sites is 1. The Morgan fingerprint density at radius 2 is 2.07 bits per heavy atom. The second kappa shape index (κ2) is 3.87. The zero-order valence-corrected chi connectivity index (χ0v) is 8.83. The molecular formula is C13H16N. The number of nitrogens with zero attached hydrogens (tertiary/aromatic N) is 1. The fourth-order valence-electron chi connectivity index (χ4n) is 1.65. The third kappa shape index (κ3) is 1.82. The van der Waals surface area contributed by atoms with Crippen LogP contribution in [0.5, 0.6) is 0 Å². The van der Waals surface area contributed by atoms with Crippen LogP contribution in [0.25, 0.3) is 10.9 Å². The molecule has 1 nitrogen and oxygen atoms in total. The molecule has 1 radical (unpaired) electrons. The summed E-state index contributed by atoms with van der Waals surface area (Å²) in [7, 11) is 0. The Kier molecular flexibility index (Phi) is 2.58. The van der Waals surface area contributed by atoms with Gasteiger partial charge in [-0.2, -0.15) is 0 Å². The van der Waals surface area contributed by atoms with E-state index in [0.29, 0.717) is 0 Å². The van der Waals surface area contributed by atoms with Gasteiger partial charge in [0.15, 0.2) is 0 Å². The molecule has 1 heteroatoms. The molecule has 0 saturated carbocycles. The van der Waals surface area contributed by atoms with Gasteiger partial charge in [-0.15, -0.1) is 0 Å². The first-order valence-corrected chi connectivity index (χ1v) is 5.23. The molecule has 0 atom stereocenters. The van der Waals surface area contributed by atoms with Crippen molar-refractivity contribution in [2.24, 2.45) is 5.92 Å². The Morgan fingerprint density at radius 3 is 2.86 bits per heavy atom. The van der Waals surface area contributed by atoms with Gasteiger partial charge in [-0.1, -0.05) is 32.0 Å². The summed E-state index contributed by atoms with van der Waals surface area (Å²) in [5, 5.41) is 1.22. The molecular weight excluding hydrogens is 170 g/mol. The van der Waals surface area contributed by atoms with Gasteiger partial charge in [0.25, 0.3) is 0 Å². The van der Waals surface area contributed by atoms with Crippen molar-refractivity contribution >= 4 is 10.9 Å². The predicted molar refractivity (Wildman–Crippen MR) is 60.2 cm³/mol. The maximum atomic E-state index is 3.27. The molecule has 14 heavy (non-hydrogen) atoms. The van der Waals surface area contributed by atoms with Crippen molar-refractivity contribution in [2.75, 3.05) is 0 Å². The number of hydrogen-bond acceptors (Lipinski definition) is 0. The van der Waals surface area contributed by atoms with E-state index in [2.05, 4.69) is 54.9 Å². The number of hydrogen-bond donors (Lipinski definition) is 0. The minimum absolute atomic E-state index is 0.760. The van der Waals surface area contributed by atoms with E-state index in [0.717, 1.165) is 12.5 Å². The van der Waals surface area contributed by atoms with Crippen LogP contribution >= 0.6 is 0 Å². The van der Waals surface area contributed by atoms with E-state index in [1.54, 1.807) is 0 Å². The molecule has 0 fully saturated rings. The molecule has 0 aliphatic heterocycles. The van der Waals surface area contributed by atoms with Crippen LogP contribution < -0.4 is 0 Å². The third-order valence-corrected chi connectivity index (χ3v) is 2.54. The van der Waals surface area contributed by atoms with Gasteiger partial charge in [0.1, 0.15) is 0 Å². The second-order valence-electron chi connectivity index (χ2n) is 4.17. The summed E-state index contributed by atoms with van der Waals surface area (Å²) in [6.45, 7) is 5.62. The molecule has 2 rings (SSSR count). The Hall–Kier alpha value is -1.24. The van der Waals surface area contributed by atoms with Crippen molar-refractivity contribution < 1.29 is 0 Å². The molecule has 1 aromatic heterocycles. The highest BCUT2D eigenvalue weighted by molar-refractivity contribution is 5.79. The van der Waals surface area contributed by atoms with Gasteiger partial charge in [-0.05, 0) is 18.4 Å². The van der Waals surface area contributed by atoms with Crippen molar-refractivity contribution in [1.29, 1.82) is 0 Å². The molecule has 0 spiro atoms.